The Kier molecular flexibility index (Phi) is 4.42. The number of ether oxygens (including phenoxy) is 2. The average Bonchev–Trinajstić information content (AvgIpc) is 2.14. The van der Waals surface area contributed by atoms with Crippen LogP contribution in [0.3, 0.4) is 0 Å². The van der Waals surface area contributed by atoms with Crippen LogP contribution in [-0.2, 0) is 4.79 Å². The van der Waals surface area contributed by atoms with Gasteiger partial charge in [0.1, 0.15) is 5.75 Å². The van der Waals surface area contributed by atoms with Crippen molar-refractivity contribution in [2.24, 2.45) is 11.5 Å². The van der Waals surface area contributed by atoms with Gasteiger partial charge in [-0.25, -0.2) is 4.79 Å². The molecule has 8 heteroatoms. The Morgan fingerprint density at radius 1 is 1.18 bits per heavy atom. The van der Waals surface area contributed by atoms with Crippen molar-refractivity contribution in [3.63, 3.8) is 0 Å². The SMILES string of the molecule is NC(=O)COc1c(Cl)cc(OC(N)=O)cc1Cl. The molecule has 0 atom stereocenters. The second-order valence-corrected chi connectivity index (χ2v) is 3.71. The number of carbonyl (C=O) groups excluding carboxylic acids is 2. The molecule has 1 aromatic rings. The van der Waals surface area contributed by atoms with Crippen LogP contribution in [0, 0.1) is 0 Å². The van der Waals surface area contributed by atoms with Gasteiger partial charge in [-0.15, -0.1) is 0 Å². The zero-order valence-corrected chi connectivity index (χ0v) is 9.92. The van der Waals surface area contributed by atoms with E-state index in [9.17, 15) is 9.59 Å². The van der Waals surface area contributed by atoms with E-state index in [0.717, 1.165) is 0 Å². The molecule has 0 aromatic heterocycles. The van der Waals surface area contributed by atoms with Gasteiger partial charge in [0.25, 0.3) is 5.91 Å². The number of benzene rings is 1. The summed E-state index contributed by atoms with van der Waals surface area (Å²) in [5.41, 5.74) is 9.72. The monoisotopic (exact) mass is 278 g/mol. The summed E-state index contributed by atoms with van der Waals surface area (Å²) in [7, 11) is 0. The molecule has 0 aliphatic heterocycles. The maximum Gasteiger partial charge on any atom is 0.409 e. The van der Waals surface area contributed by atoms with Gasteiger partial charge in [0.05, 0.1) is 10.0 Å². The molecule has 0 saturated carbocycles. The van der Waals surface area contributed by atoms with Crippen LogP contribution >= 0.6 is 23.2 Å². The first-order chi connectivity index (χ1) is 7.90. The number of amides is 2. The van der Waals surface area contributed by atoms with Crippen molar-refractivity contribution >= 4 is 35.2 Å². The molecule has 0 fully saturated rings. The first-order valence-electron chi connectivity index (χ1n) is 4.27. The minimum absolute atomic E-state index is 0.0648. The van der Waals surface area contributed by atoms with Crippen molar-refractivity contribution < 1.29 is 19.1 Å². The lowest BCUT2D eigenvalue weighted by Gasteiger charge is -2.09. The van der Waals surface area contributed by atoms with Gasteiger partial charge in [0, 0.05) is 12.1 Å². The molecule has 0 aliphatic rings. The molecule has 17 heavy (non-hydrogen) atoms. The maximum atomic E-state index is 10.5. The van der Waals surface area contributed by atoms with Crippen LogP contribution in [0.1, 0.15) is 0 Å². The van der Waals surface area contributed by atoms with E-state index in [0.29, 0.717) is 0 Å². The first-order valence-corrected chi connectivity index (χ1v) is 5.03. The van der Waals surface area contributed by atoms with E-state index < -0.39 is 12.0 Å². The third kappa shape index (κ3) is 4.01. The summed E-state index contributed by atoms with van der Waals surface area (Å²) in [6.45, 7) is -0.366. The molecule has 4 N–H and O–H groups in total. The molecule has 0 spiro atoms. The largest absolute Gasteiger partial charge is 0.481 e. The van der Waals surface area contributed by atoms with Crippen molar-refractivity contribution in [1.82, 2.24) is 0 Å². The molecule has 2 amide bonds. The Morgan fingerprint density at radius 3 is 2.12 bits per heavy atom. The highest BCUT2D eigenvalue weighted by Gasteiger charge is 2.12. The molecular weight excluding hydrogens is 271 g/mol. The second-order valence-electron chi connectivity index (χ2n) is 2.89. The van der Waals surface area contributed by atoms with E-state index in [4.69, 9.17) is 39.4 Å². The Hall–Kier alpha value is -1.66. The fourth-order valence-electron chi connectivity index (χ4n) is 0.993. The molecule has 6 nitrogen and oxygen atoms in total. The maximum absolute atomic E-state index is 10.5. The van der Waals surface area contributed by atoms with Gasteiger partial charge in [-0.3, -0.25) is 4.79 Å². The number of nitrogens with two attached hydrogens (primary N) is 2. The minimum atomic E-state index is -0.997. The number of halogens is 2. The lowest BCUT2D eigenvalue weighted by atomic mass is 10.3. The molecule has 0 bridgehead atoms. The molecule has 0 aliphatic carbocycles. The molecule has 0 heterocycles. The first kappa shape index (κ1) is 13.4. The van der Waals surface area contributed by atoms with Crippen molar-refractivity contribution in [2.75, 3.05) is 6.61 Å². The van der Waals surface area contributed by atoms with Crippen molar-refractivity contribution in [1.29, 1.82) is 0 Å². The molecule has 92 valence electrons. The fraction of sp³-hybridized carbons (Fsp3) is 0.111. The van der Waals surface area contributed by atoms with E-state index in [1.165, 1.54) is 12.1 Å². The van der Waals surface area contributed by atoms with Crippen LogP contribution < -0.4 is 20.9 Å². The van der Waals surface area contributed by atoms with Crippen LogP contribution in [0.25, 0.3) is 0 Å². The highest BCUT2D eigenvalue weighted by atomic mass is 35.5. The second kappa shape index (κ2) is 5.60. The Balaban J connectivity index is 2.93. The van der Waals surface area contributed by atoms with E-state index >= 15 is 0 Å². The van der Waals surface area contributed by atoms with Crippen molar-refractivity contribution in [3.05, 3.63) is 22.2 Å². The number of carbonyl (C=O) groups is 2. The molecule has 0 saturated heterocycles. The van der Waals surface area contributed by atoms with Gasteiger partial charge in [0.2, 0.25) is 0 Å². The Morgan fingerprint density at radius 2 is 1.71 bits per heavy atom. The lowest BCUT2D eigenvalue weighted by molar-refractivity contribution is -0.119. The van der Waals surface area contributed by atoms with E-state index in [-0.39, 0.29) is 28.2 Å². The predicted octanol–water partition coefficient (Wildman–Crippen LogP) is 1.32. The number of hydrogen-bond acceptors (Lipinski definition) is 4. The zero-order valence-electron chi connectivity index (χ0n) is 8.41. The van der Waals surface area contributed by atoms with Gasteiger partial charge in [-0.1, -0.05) is 23.2 Å². The summed E-state index contributed by atoms with van der Waals surface area (Å²) in [6, 6.07) is 2.54. The normalized spacial score (nSPS) is 9.76. The Bertz CT molecular complexity index is 441. The zero-order chi connectivity index (χ0) is 13.0. The van der Waals surface area contributed by atoms with Crippen LogP contribution in [0.15, 0.2) is 12.1 Å². The van der Waals surface area contributed by atoms with Crippen LogP contribution in [0.4, 0.5) is 4.79 Å². The molecule has 1 aromatic carbocycles. The molecule has 0 unspecified atom stereocenters. The predicted molar refractivity (Wildman–Crippen MR) is 61.4 cm³/mol. The summed E-state index contributed by atoms with van der Waals surface area (Å²) in [5, 5.41) is 0.130. The molecule has 0 radical (unpaired) electrons. The quantitative estimate of drug-likeness (QED) is 0.866. The topological polar surface area (TPSA) is 105 Å². The minimum Gasteiger partial charge on any atom is -0.481 e. The summed E-state index contributed by atoms with van der Waals surface area (Å²) in [5.74, 6) is -0.530. The van der Waals surface area contributed by atoms with Gasteiger partial charge >= 0.3 is 6.09 Å². The third-order valence-corrected chi connectivity index (χ3v) is 2.11. The number of rotatable bonds is 4. The smallest absolute Gasteiger partial charge is 0.409 e. The van der Waals surface area contributed by atoms with E-state index in [2.05, 4.69) is 4.74 Å². The van der Waals surface area contributed by atoms with Crippen molar-refractivity contribution in [3.8, 4) is 11.5 Å². The van der Waals surface area contributed by atoms with Crippen LogP contribution in [0.5, 0.6) is 11.5 Å². The standard InChI is InChI=1S/C9H8Cl2N2O4/c10-5-1-4(17-9(13)15)2-6(11)8(5)16-3-7(12)14/h1-2H,3H2,(H2,12,14)(H2,13,15). The fourth-order valence-corrected chi connectivity index (χ4v) is 1.57. The van der Waals surface area contributed by atoms with Gasteiger partial charge in [-0.05, 0) is 0 Å². The highest BCUT2D eigenvalue weighted by Crippen LogP contribution is 2.36. The third-order valence-electron chi connectivity index (χ3n) is 1.55. The van der Waals surface area contributed by atoms with Crippen LogP contribution in [-0.4, -0.2) is 18.6 Å². The van der Waals surface area contributed by atoms with Gasteiger partial charge in [0.15, 0.2) is 12.4 Å². The number of hydrogen-bond donors (Lipinski definition) is 2. The molecule has 1 rings (SSSR count). The van der Waals surface area contributed by atoms with E-state index in [1.807, 2.05) is 0 Å². The summed E-state index contributed by atoms with van der Waals surface area (Å²) < 4.78 is 9.56. The van der Waals surface area contributed by atoms with Crippen LogP contribution in [0.2, 0.25) is 10.0 Å². The highest BCUT2D eigenvalue weighted by molar-refractivity contribution is 6.37. The summed E-state index contributed by atoms with van der Waals surface area (Å²) in [6.07, 6.45) is -0.997. The Labute approximate surface area is 106 Å². The van der Waals surface area contributed by atoms with Gasteiger partial charge < -0.3 is 20.9 Å². The van der Waals surface area contributed by atoms with E-state index in [1.54, 1.807) is 0 Å². The van der Waals surface area contributed by atoms with Gasteiger partial charge in [-0.2, -0.15) is 0 Å². The van der Waals surface area contributed by atoms with Crippen molar-refractivity contribution in [2.45, 2.75) is 0 Å². The average molecular weight is 279 g/mol. The lowest BCUT2D eigenvalue weighted by Crippen LogP contribution is -2.20. The summed E-state index contributed by atoms with van der Waals surface area (Å²) >= 11 is 11.6. The molecular formula is C9H8Cl2N2O4. The number of primary amides is 2. The summed E-state index contributed by atoms with van der Waals surface area (Å²) in [4.78, 5) is 21.0.